The number of benzene rings is 2. The van der Waals surface area contributed by atoms with E-state index >= 15 is 0 Å². The van der Waals surface area contributed by atoms with Gasteiger partial charge in [-0.2, -0.15) is 5.26 Å². The summed E-state index contributed by atoms with van der Waals surface area (Å²) >= 11 is 1.31. The Hall–Kier alpha value is -3.24. The van der Waals surface area contributed by atoms with Crippen molar-refractivity contribution >= 4 is 11.8 Å². The molecule has 0 aliphatic carbocycles. The summed E-state index contributed by atoms with van der Waals surface area (Å²) in [5, 5.41) is 9.89. The number of nitrogens with one attached hydrogen (secondary N) is 1. The Morgan fingerprint density at radius 1 is 1.17 bits per heavy atom. The molecule has 0 saturated heterocycles. The van der Waals surface area contributed by atoms with Crippen LogP contribution in [0.2, 0.25) is 0 Å². The molecule has 0 fully saturated rings. The van der Waals surface area contributed by atoms with E-state index in [4.69, 9.17) is 9.47 Å². The first kappa shape index (κ1) is 20.5. The lowest BCUT2D eigenvalue weighted by atomic mass is 10.0. The molecule has 0 aliphatic heterocycles. The van der Waals surface area contributed by atoms with E-state index in [1.165, 1.54) is 11.8 Å². The summed E-state index contributed by atoms with van der Waals surface area (Å²) in [5.41, 5.74) is 3.47. The smallest absolute Gasteiger partial charge is 0.270 e. The molecular formula is C22H21N3O3S. The van der Waals surface area contributed by atoms with Gasteiger partial charge in [-0.15, -0.1) is 0 Å². The first-order chi connectivity index (χ1) is 14.0. The van der Waals surface area contributed by atoms with Gasteiger partial charge in [0.1, 0.15) is 29.7 Å². The molecule has 0 amide bonds. The lowest BCUT2D eigenvalue weighted by molar-refractivity contribution is 0.294. The quantitative estimate of drug-likeness (QED) is 0.486. The Morgan fingerprint density at radius 2 is 1.97 bits per heavy atom. The molecule has 1 aromatic heterocycles. The summed E-state index contributed by atoms with van der Waals surface area (Å²) in [6, 6.07) is 13.4. The minimum atomic E-state index is -0.453. The molecule has 0 atom stereocenters. The van der Waals surface area contributed by atoms with E-state index in [1.807, 2.05) is 50.4 Å². The highest BCUT2D eigenvalue weighted by molar-refractivity contribution is 7.98. The van der Waals surface area contributed by atoms with Gasteiger partial charge in [-0.1, -0.05) is 23.9 Å². The molecule has 1 N–H and O–H groups in total. The SMILES string of the molecule is COc1ccc(-c2nc(SC)[nH]c(=O)c2C#N)cc1COc1cc(C)ccc1C. The van der Waals surface area contributed by atoms with Crippen molar-refractivity contribution in [2.75, 3.05) is 13.4 Å². The number of aryl methyl sites for hydroxylation is 2. The fourth-order valence-corrected chi connectivity index (χ4v) is 3.30. The lowest BCUT2D eigenvalue weighted by Crippen LogP contribution is -2.14. The fraction of sp³-hybridized carbons (Fsp3) is 0.227. The molecule has 0 spiro atoms. The van der Waals surface area contributed by atoms with E-state index in [0.717, 1.165) is 22.4 Å². The number of nitriles is 1. The third-order valence-corrected chi connectivity index (χ3v) is 5.06. The molecule has 0 radical (unpaired) electrons. The van der Waals surface area contributed by atoms with Crippen LogP contribution in [-0.2, 0) is 6.61 Å². The van der Waals surface area contributed by atoms with Crippen molar-refractivity contribution in [2.24, 2.45) is 0 Å². The highest BCUT2D eigenvalue weighted by Crippen LogP contribution is 2.29. The van der Waals surface area contributed by atoms with Crippen LogP contribution in [0.1, 0.15) is 22.3 Å². The van der Waals surface area contributed by atoms with Gasteiger partial charge >= 0.3 is 0 Å². The number of rotatable bonds is 6. The minimum absolute atomic E-state index is 0.0191. The second kappa shape index (κ2) is 8.84. The molecule has 2 aromatic carbocycles. The van der Waals surface area contributed by atoms with Gasteiger partial charge in [-0.05, 0) is 55.5 Å². The molecule has 3 aromatic rings. The number of hydrogen-bond donors (Lipinski definition) is 1. The molecule has 3 rings (SSSR count). The minimum Gasteiger partial charge on any atom is -0.496 e. The van der Waals surface area contributed by atoms with E-state index in [2.05, 4.69) is 9.97 Å². The molecule has 0 unspecified atom stereocenters. The van der Waals surface area contributed by atoms with Crippen LogP contribution in [0.15, 0.2) is 46.3 Å². The predicted molar refractivity (Wildman–Crippen MR) is 114 cm³/mol. The Labute approximate surface area is 173 Å². The number of H-pyrrole nitrogens is 1. The summed E-state index contributed by atoms with van der Waals surface area (Å²) in [6.07, 6.45) is 1.81. The van der Waals surface area contributed by atoms with Crippen molar-refractivity contribution in [3.8, 4) is 28.8 Å². The second-order valence-corrected chi connectivity index (χ2v) is 7.29. The number of ether oxygens (including phenoxy) is 2. The molecule has 148 valence electrons. The predicted octanol–water partition coefficient (Wildman–Crippen LogP) is 4.23. The van der Waals surface area contributed by atoms with Gasteiger partial charge < -0.3 is 14.5 Å². The number of aromatic nitrogens is 2. The van der Waals surface area contributed by atoms with Crippen LogP contribution >= 0.6 is 11.8 Å². The Balaban J connectivity index is 2.02. The maximum atomic E-state index is 12.2. The van der Waals surface area contributed by atoms with Crippen molar-refractivity contribution in [3.63, 3.8) is 0 Å². The zero-order valence-electron chi connectivity index (χ0n) is 16.7. The van der Waals surface area contributed by atoms with E-state index in [-0.39, 0.29) is 12.2 Å². The normalized spacial score (nSPS) is 10.4. The average molecular weight is 407 g/mol. The second-order valence-electron chi connectivity index (χ2n) is 6.49. The van der Waals surface area contributed by atoms with Crippen LogP contribution in [0.3, 0.4) is 0 Å². The van der Waals surface area contributed by atoms with Crippen LogP contribution in [0.4, 0.5) is 0 Å². The third kappa shape index (κ3) is 4.44. The van der Waals surface area contributed by atoms with Crippen molar-refractivity contribution in [2.45, 2.75) is 25.6 Å². The molecule has 6 nitrogen and oxygen atoms in total. The number of thioether (sulfide) groups is 1. The third-order valence-electron chi connectivity index (χ3n) is 4.48. The standard InChI is InChI=1S/C22H21N3O3S/c1-13-5-6-14(2)19(9-13)28-12-16-10-15(7-8-18(16)27-3)20-17(11-23)21(26)25-22(24-20)29-4/h5-10H,12H2,1-4H3,(H,24,25,26). The van der Waals surface area contributed by atoms with Crippen LogP contribution in [0.25, 0.3) is 11.3 Å². The number of aromatic amines is 1. The van der Waals surface area contributed by atoms with Gasteiger partial charge in [0, 0.05) is 11.1 Å². The molecule has 29 heavy (non-hydrogen) atoms. The van der Waals surface area contributed by atoms with Crippen LogP contribution in [0.5, 0.6) is 11.5 Å². The van der Waals surface area contributed by atoms with Gasteiger partial charge in [-0.3, -0.25) is 4.79 Å². The van der Waals surface area contributed by atoms with Crippen molar-refractivity contribution in [1.82, 2.24) is 9.97 Å². The Bertz CT molecular complexity index is 1150. The molecule has 7 heteroatoms. The summed E-state index contributed by atoms with van der Waals surface area (Å²) in [6.45, 7) is 4.28. The summed E-state index contributed by atoms with van der Waals surface area (Å²) in [7, 11) is 1.59. The Morgan fingerprint density at radius 3 is 2.66 bits per heavy atom. The number of nitrogens with zero attached hydrogens (tertiary/aromatic N) is 2. The highest BCUT2D eigenvalue weighted by atomic mass is 32.2. The maximum Gasteiger partial charge on any atom is 0.270 e. The highest BCUT2D eigenvalue weighted by Gasteiger charge is 2.15. The topological polar surface area (TPSA) is 88.0 Å². The number of methoxy groups -OCH3 is 1. The fourth-order valence-electron chi connectivity index (χ4n) is 2.92. The van der Waals surface area contributed by atoms with Crippen LogP contribution in [0, 0.1) is 25.2 Å². The van der Waals surface area contributed by atoms with Gasteiger partial charge in [0.05, 0.1) is 12.8 Å². The summed E-state index contributed by atoms with van der Waals surface area (Å²) < 4.78 is 11.5. The molecule has 1 heterocycles. The first-order valence-corrected chi connectivity index (χ1v) is 10.1. The van der Waals surface area contributed by atoms with Crippen molar-refractivity contribution in [3.05, 3.63) is 69.0 Å². The maximum absolute atomic E-state index is 12.2. The van der Waals surface area contributed by atoms with Gasteiger partial charge in [0.15, 0.2) is 5.16 Å². The van der Waals surface area contributed by atoms with E-state index < -0.39 is 5.56 Å². The van der Waals surface area contributed by atoms with Crippen molar-refractivity contribution in [1.29, 1.82) is 5.26 Å². The zero-order chi connectivity index (χ0) is 21.0. The largest absolute Gasteiger partial charge is 0.496 e. The van der Waals surface area contributed by atoms with Crippen molar-refractivity contribution < 1.29 is 9.47 Å². The molecule has 0 saturated carbocycles. The number of hydrogen-bond acceptors (Lipinski definition) is 6. The van der Waals surface area contributed by atoms with E-state index in [0.29, 0.717) is 22.2 Å². The zero-order valence-corrected chi connectivity index (χ0v) is 17.5. The van der Waals surface area contributed by atoms with Gasteiger partial charge in [-0.25, -0.2) is 4.98 Å². The van der Waals surface area contributed by atoms with Crippen LogP contribution in [-0.4, -0.2) is 23.3 Å². The van der Waals surface area contributed by atoms with Crippen LogP contribution < -0.4 is 15.0 Å². The Kier molecular flexibility index (Phi) is 6.25. The monoisotopic (exact) mass is 407 g/mol. The average Bonchev–Trinajstić information content (AvgIpc) is 2.73. The van der Waals surface area contributed by atoms with Gasteiger partial charge in [0.2, 0.25) is 0 Å². The van der Waals surface area contributed by atoms with E-state index in [9.17, 15) is 10.1 Å². The first-order valence-electron chi connectivity index (χ1n) is 8.92. The molecular weight excluding hydrogens is 386 g/mol. The van der Waals surface area contributed by atoms with E-state index in [1.54, 1.807) is 19.2 Å². The lowest BCUT2D eigenvalue weighted by Gasteiger charge is -2.14. The van der Waals surface area contributed by atoms with Gasteiger partial charge in [0.25, 0.3) is 5.56 Å². The summed E-state index contributed by atoms with van der Waals surface area (Å²) in [4.78, 5) is 19.3. The molecule has 0 bridgehead atoms. The summed E-state index contributed by atoms with van der Waals surface area (Å²) in [5.74, 6) is 1.46. The molecule has 0 aliphatic rings.